The monoisotopic (exact) mass is 257 g/mol. The van der Waals surface area contributed by atoms with E-state index in [9.17, 15) is 4.57 Å². The van der Waals surface area contributed by atoms with Gasteiger partial charge in [0, 0.05) is 6.04 Å². The molecule has 1 aromatic carbocycles. The third-order valence-corrected chi connectivity index (χ3v) is 4.15. The van der Waals surface area contributed by atoms with Crippen LogP contribution in [0.1, 0.15) is 32.4 Å². The van der Waals surface area contributed by atoms with Gasteiger partial charge in [-0.2, -0.15) is 0 Å². The molecule has 17 heavy (non-hydrogen) atoms. The second-order valence-electron chi connectivity index (χ2n) is 3.59. The summed E-state index contributed by atoms with van der Waals surface area (Å²) in [5.74, 6) is 0. The fourth-order valence-electron chi connectivity index (χ4n) is 1.51. The Bertz CT molecular complexity index is 359. The van der Waals surface area contributed by atoms with Crippen LogP contribution in [0, 0.1) is 0 Å². The highest BCUT2D eigenvalue weighted by Gasteiger charge is 2.26. The molecule has 0 fully saturated rings. The van der Waals surface area contributed by atoms with E-state index in [0.29, 0.717) is 13.2 Å². The molecule has 96 valence electrons. The Morgan fingerprint density at radius 1 is 1.18 bits per heavy atom. The van der Waals surface area contributed by atoms with Crippen LogP contribution in [-0.2, 0) is 13.6 Å². The van der Waals surface area contributed by atoms with E-state index in [1.54, 1.807) is 13.8 Å². The Labute approximate surface area is 103 Å². The number of hydrogen-bond acceptors (Lipinski definition) is 3. The zero-order valence-corrected chi connectivity index (χ0v) is 11.4. The summed E-state index contributed by atoms with van der Waals surface area (Å²) in [6, 6.07) is 9.69. The van der Waals surface area contributed by atoms with Gasteiger partial charge in [-0.1, -0.05) is 30.3 Å². The van der Waals surface area contributed by atoms with Gasteiger partial charge in [0.25, 0.3) is 0 Å². The van der Waals surface area contributed by atoms with Gasteiger partial charge in [-0.25, -0.2) is 9.65 Å². The quantitative estimate of drug-likeness (QED) is 0.759. The van der Waals surface area contributed by atoms with Crippen LogP contribution in [-0.4, -0.2) is 13.2 Å². The molecule has 0 aliphatic rings. The Morgan fingerprint density at radius 2 is 1.71 bits per heavy atom. The molecule has 0 unspecified atom stereocenters. The van der Waals surface area contributed by atoms with Gasteiger partial charge in [-0.3, -0.25) is 9.05 Å². The van der Waals surface area contributed by atoms with E-state index in [1.807, 2.05) is 37.3 Å². The smallest absolute Gasteiger partial charge is 0.297 e. The predicted molar refractivity (Wildman–Crippen MR) is 68.9 cm³/mol. The molecule has 0 amide bonds. The van der Waals surface area contributed by atoms with Crippen LogP contribution < -0.4 is 5.09 Å². The summed E-state index contributed by atoms with van der Waals surface area (Å²) in [6.07, 6.45) is 0. The average molecular weight is 257 g/mol. The fourth-order valence-corrected chi connectivity index (χ4v) is 3.03. The molecule has 1 N–H and O–H groups in total. The summed E-state index contributed by atoms with van der Waals surface area (Å²) in [5, 5.41) is 2.92. The molecule has 0 aromatic heterocycles. The van der Waals surface area contributed by atoms with Crippen molar-refractivity contribution in [2.24, 2.45) is 0 Å². The maximum Gasteiger partial charge on any atom is 0.406 e. The predicted octanol–water partition coefficient (Wildman–Crippen LogP) is 3.52. The molecule has 0 aliphatic carbocycles. The molecule has 5 heteroatoms. The van der Waals surface area contributed by atoms with E-state index in [-0.39, 0.29) is 6.04 Å². The van der Waals surface area contributed by atoms with Crippen LogP contribution in [0.2, 0.25) is 0 Å². The lowest BCUT2D eigenvalue weighted by molar-refractivity contribution is 0.207. The molecular weight excluding hydrogens is 237 g/mol. The SMILES string of the molecule is CCOP(=O)(N[C@@H](C)c1ccccc1)OCC. The normalized spacial score (nSPS) is 13.6. The molecule has 1 aromatic rings. The fraction of sp³-hybridized carbons (Fsp3) is 0.500. The first kappa shape index (κ1) is 14.4. The van der Waals surface area contributed by atoms with E-state index in [0.717, 1.165) is 5.56 Å². The van der Waals surface area contributed by atoms with Crippen LogP contribution in [0.5, 0.6) is 0 Å². The lowest BCUT2D eigenvalue weighted by Crippen LogP contribution is -2.19. The van der Waals surface area contributed by atoms with Gasteiger partial charge in [-0.05, 0) is 26.3 Å². The van der Waals surface area contributed by atoms with Crippen molar-refractivity contribution >= 4 is 7.75 Å². The summed E-state index contributed by atoms with van der Waals surface area (Å²) in [5.41, 5.74) is 1.05. The summed E-state index contributed by atoms with van der Waals surface area (Å²) in [7, 11) is -3.19. The van der Waals surface area contributed by atoms with Crippen LogP contribution in [0.3, 0.4) is 0 Å². The van der Waals surface area contributed by atoms with Crippen molar-refractivity contribution in [1.82, 2.24) is 5.09 Å². The van der Waals surface area contributed by atoms with Gasteiger partial charge in [0.05, 0.1) is 13.2 Å². The molecule has 0 saturated heterocycles. The Hall–Kier alpha value is -0.670. The summed E-state index contributed by atoms with van der Waals surface area (Å²) < 4.78 is 22.6. The first-order chi connectivity index (χ1) is 8.11. The number of nitrogens with one attached hydrogen (secondary N) is 1. The third-order valence-electron chi connectivity index (χ3n) is 2.25. The van der Waals surface area contributed by atoms with Gasteiger partial charge >= 0.3 is 7.75 Å². The highest BCUT2D eigenvalue weighted by molar-refractivity contribution is 7.51. The highest BCUT2D eigenvalue weighted by atomic mass is 31.2. The molecule has 0 saturated carbocycles. The van der Waals surface area contributed by atoms with E-state index >= 15 is 0 Å². The molecule has 0 spiro atoms. The Kier molecular flexibility index (Phi) is 5.86. The number of benzene rings is 1. The Balaban J connectivity index is 2.71. The van der Waals surface area contributed by atoms with Gasteiger partial charge in [0.1, 0.15) is 0 Å². The maximum atomic E-state index is 12.2. The van der Waals surface area contributed by atoms with Gasteiger partial charge < -0.3 is 0 Å². The van der Waals surface area contributed by atoms with Crippen molar-refractivity contribution in [2.45, 2.75) is 26.8 Å². The molecule has 1 atom stereocenters. The molecule has 1 rings (SSSR count). The second-order valence-corrected chi connectivity index (χ2v) is 5.36. The highest BCUT2D eigenvalue weighted by Crippen LogP contribution is 2.45. The second kappa shape index (κ2) is 6.92. The van der Waals surface area contributed by atoms with E-state index < -0.39 is 7.75 Å². The first-order valence-corrected chi connectivity index (χ1v) is 7.37. The summed E-state index contributed by atoms with van der Waals surface area (Å²) in [6.45, 7) is 6.22. The standard InChI is InChI=1S/C12H20NO3P/c1-4-15-17(14,16-5-2)13-11(3)12-9-7-6-8-10-12/h6-11H,4-5H2,1-3H3,(H,13,14)/t11-/m0/s1. The van der Waals surface area contributed by atoms with Crippen molar-refractivity contribution in [1.29, 1.82) is 0 Å². The van der Waals surface area contributed by atoms with Crippen LogP contribution in [0.25, 0.3) is 0 Å². The molecule has 0 bridgehead atoms. The van der Waals surface area contributed by atoms with Crippen LogP contribution >= 0.6 is 7.75 Å². The zero-order valence-electron chi connectivity index (χ0n) is 10.6. The van der Waals surface area contributed by atoms with Gasteiger partial charge in [-0.15, -0.1) is 0 Å². The number of hydrogen-bond donors (Lipinski definition) is 1. The average Bonchev–Trinajstić information content (AvgIpc) is 2.30. The largest absolute Gasteiger partial charge is 0.406 e. The molecule has 4 nitrogen and oxygen atoms in total. The van der Waals surface area contributed by atoms with E-state index in [4.69, 9.17) is 9.05 Å². The van der Waals surface area contributed by atoms with Crippen molar-refractivity contribution in [3.8, 4) is 0 Å². The molecule has 0 radical (unpaired) electrons. The van der Waals surface area contributed by atoms with Crippen LogP contribution in [0.15, 0.2) is 30.3 Å². The molecule has 0 aliphatic heterocycles. The van der Waals surface area contributed by atoms with Crippen molar-refractivity contribution in [3.05, 3.63) is 35.9 Å². The minimum absolute atomic E-state index is 0.0832. The first-order valence-electron chi connectivity index (χ1n) is 5.83. The molecule has 0 heterocycles. The maximum absolute atomic E-state index is 12.2. The van der Waals surface area contributed by atoms with Crippen molar-refractivity contribution in [2.75, 3.05) is 13.2 Å². The minimum atomic E-state index is -3.19. The lowest BCUT2D eigenvalue weighted by atomic mass is 10.1. The van der Waals surface area contributed by atoms with E-state index in [2.05, 4.69) is 5.09 Å². The third kappa shape index (κ3) is 4.60. The molecular formula is C12H20NO3P. The van der Waals surface area contributed by atoms with Crippen LogP contribution in [0.4, 0.5) is 0 Å². The van der Waals surface area contributed by atoms with Crippen molar-refractivity contribution in [3.63, 3.8) is 0 Å². The Morgan fingerprint density at radius 3 is 2.18 bits per heavy atom. The van der Waals surface area contributed by atoms with Crippen molar-refractivity contribution < 1.29 is 13.6 Å². The van der Waals surface area contributed by atoms with E-state index in [1.165, 1.54) is 0 Å². The minimum Gasteiger partial charge on any atom is -0.297 e. The number of rotatable bonds is 7. The van der Waals surface area contributed by atoms with Gasteiger partial charge in [0.2, 0.25) is 0 Å². The summed E-state index contributed by atoms with van der Waals surface area (Å²) in [4.78, 5) is 0. The zero-order chi connectivity index (χ0) is 12.7. The van der Waals surface area contributed by atoms with Gasteiger partial charge in [0.15, 0.2) is 0 Å². The lowest BCUT2D eigenvalue weighted by Gasteiger charge is -2.22. The summed E-state index contributed by atoms with van der Waals surface area (Å²) >= 11 is 0. The topological polar surface area (TPSA) is 47.6 Å².